The van der Waals surface area contributed by atoms with Crippen LogP contribution in [0.5, 0.6) is 0 Å². The Bertz CT molecular complexity index is 1140. The number of carbonyl (C=O) groups excluding carboxylic acids is 1. The van der Waals surface area contributed by atoms with Crippen LogP contribution in [-0.4, -0.2) is 36.2 Å². The fraction of sp³-hybridized carbons (Fsp3) is 0.529. The van der Waals surface area contributed by atoms with E-state index < -0.39 is 23.3 Å². The standard InChI is InChI=1S/C17H23N5O4/c1-7-8-20-9(2)10(3)21-12-13(18-16(20)21)19(5)17(25)22(14(12)23)11(4)15(24)26-6/h11H,7-8H2,1-6H3/t11-/m1/s1. The van der Waals surface area contributed by atoms with Crippen molar-refractivity contribution in [3.8, 4) is 0 Å². The molecule has 0 aliphatic carbocycles. The van der Waals surface area contributed by atoms with E-state index in [9.17, 15) is 14.4 Å². The van der Waals surface area contributed by atoms with Crippen molar-refractivity contribution in [3.05, 3.63) is 32.2 Å². The van der Waals surface area contributed by atoms with Crippen LogP contribution in [-0.2, 0) is 23.1 Å². The van der Waals surface area contributed by atoms with Crippen LogP contribution in [0.15, 0.2) is 9.59 Å². The molecular formula is C17H23N5O4. The fourth-order valence-electron chi connectivity index (χ4n) is 3.39. The average molecular weight is 361 g/mol. The highest BCUT2D eigenvalue weighted by Gasteiger charge is 2.26. The van der Waals surface area contributed by atoms with Gasteiger partial charge in [-0.3, -0.25) is 13.8 Å². The number of imidazole rings is 2. The van der Waals surface area contributed by atoms with Crippen LogP contribution < -0.4 is 11.2 Å². The summed E-state index contributed by atoms with van der Waals surface area (Å²) in [4.78, 5) is 42.3. The molecule has 0 aromatic carbocycles. The Labute approximate surface area is 149 Å². The van der Waals surface area contributed by atoms with Crippen molar-refractivity contribution < 1.29 is 9.53 Å². The van der Waals surface area contributed by atoms with Crippen molar-refractivity contribution in [1.82, 2.24) is 23.1 Å². The van der Waals surface area contributed by atoms with Crippen LogP contribution in [0.2, 0.25) is 0 Å². The van der Waals surface area contributed by atoms with Crippen molar-refractivity contribution in [2.75, 3.05) is 7.11 Å². The third kappa shape index (κ3) is 2.23. The molecule has 0 radical (unpaired) electrons. The van der Waals surface area contributed by atoms with Gasteiger partial charge >= 0.3 is 11.7 Å². The Balaban J connectivity index is 2.51. The highest BCUT2D eigenvalue weighted by molar-refractivity contribution is 5.78. The minimum absolute atomic E-state index is 0.285. The van der Waals surface area contributed by atoms with Crippen molar-refractivity contribution in [1.29, 1.82) is 0 Å². The smallest absolute Gasteiger partial charge is 0.333 e. The summed E-state index contributed by atoms with van der Waals surface area (Å²) in [5.41, 5.74) is 1.33. The first-order valence-corrected chi connectivity index (χ1v) is 8.53. The maximum Gasteiger partial charge on any atom is 0.333 e. The molecule has 0 aliphatic heterocycles. The Kier molecular flexibility index (Phi) is 4.25. The first-order chi connectivity index (χ1) is 12.3. The van der Waals surface area contributed by atoms with Gasteiger partial charge in [-0.05, 0) is 27.2 Å². The number of hydrogen-bond acceptors (Lipinski definition) is 5. The van der Waals surface area contributed by atoms with E-state index in [4.69, 9.17) is 4.74 Å². The van der Waals surface area contributed by atoms with Gasteiger partial charge in [-0.25, -0.2) is 14.2 Å². The highest BCUT2D eigenvalue weighted by Crippen LogP contribution is 2.21. The summed E-state index contributed by atoms with van der Waals surface area (Å²) < 4.78 is 10.7. The molecule has 3 rings (SSSR count). The van der Waals surface area contributed by atoms with E-state index >= 15 is 0 Å². The van der Waals surface area contributed by atoms with Gasteiger partial charge < -0.3 is 9.30 Å². The number of nitrogens with zero attached hydrogens (tertiary/aromatic N) is 5. The number of aromatic nitrogens is 5. The predicted molar refractivity (Wildman–Crippen MR) is 96.7 cm³/mol. The molecule has 9 heteroatoms. The predicted octanol–water partition coefficient (Wildman–Crippen LogP) is 0.910. The Morgan fingerprint density at radius 2 is 1.88 bits per heavy atom. The lowest BCUT2D eigenvalue weighted by molar-refractivity contribution is -0.144. The second-order valence-electron chi connectivity index (χ2n) is 6.46. The van der Waals surface area contributed by atoms with E-state index in [1.165, 1.54) is 18.6 Å². The molecule has 0 spiro atoms. The molecule has 3 aromatic rings. The summed E-state index contributed by atoms with van der Waals surface area (Å²) in [6.07, 6.45) is 0.913. The molecule has 3 aromatic heterocycles. The summed E-state index contributed by atoms with van der Waals surface area (Å²) in [5, 5.41) is 0. The monoisotopic (exact) mass is 361 g/mol. The maximum absolute atomic E-state index is 13.1. The number of rotatable bonds is 4. The molecule has 9 nitrogen and oxygen atoms in total. The van der Waals surface area contributed by atoms with Crippen molar-refractivity contribution in [2.24, 2.45) is 7.05 Å². The third-order valence-electron chi connectivity index (χ3n) is 4.96. The minimum atomic E-state index is -1.03. The number of esters is 1. The molecule has 140 valence electrons. The molecule has 0 saturated carbocycles. The number of ether oxygens (including phenoxy) is 1. The van der Waals surface area contributed by atoms with Gasteiger partial charge in [-0.1, -0.05) is 6.92 Å². The molecule has 0 unspecified atom stereocenters. The molecule has 26 heavy (non-hydrogen) atoms. The van der Waals surface area contributed by atoms with E-state index in [1.807, 2.05) is 18.4 Å². The second-order valence-corrected chi connectivity index (χ2v) is 6.46. The zero-order valence-corrected chi connectivity index (χ0v) is 15.9. The van der Waals surface area contributed by atoms with Crippen LogP contribution in [0, 0.1) is 13.8 Å². The van der Waals surface area contributed by atoms with Crippen LogP contribution in [0.25, 0.3) is 16.9 Å². The van der Waals surface area contributed by atoms with E-state index in [1.54, 1.807) is 11.4 Å². The largest absolute Gasteiger partial charge is 0.467 e. The van der Waals surface area contributed by atoms with Gasteiger partial charge in [-0.15, -0.1) is 0 Å². The molecule has 1 atom stereocenters. The summed E-state index contributed by atoms with van der Waals surface area (Å²) in [6, 6.07) is -1.03. The summed E-state index contributed by atoms with van der Waals surface area (Å²) >= 11 is 0. The van der Waals surface area contributed by atoms with Crippen molar-refractivity contribution >= 4 is 22.9 Å². The van der Waals surface area contributed by atoms with Crippen molar-refractivity contribution in [3.63, 3.8) is 0 Å². The zero-order chi connectivity index (χ0) is 19.3. The molecule has 0 N–H and O–H groups in total. The number of fused-ring (bicyclic) bond motifs is 3. The van der Waals surface area contributed by atoms with E-state index in [2.05, 4.69) is 11.9 Å². The van der Waals surface area contributed by atoms with Gasteiger partial charge in [0.1, 0.15) is 6.04 Å². The SMILES string of the molecule is CCCn1c(C)c(C)n2c3c(=O)n([C@H](C)C(=O)OC)c(=O)n(C)c3nc12. The molecule has 0 saturated heterocycles. The summed E-state index contributed by atoms with van der Waals surface area (Å²) in [7, 11) is 2.77. The average Bonchev–Trinajstić information content (AvgIpc) is 3.11. The molecule has 0 bridgehead atoms. The molecule has 0 fully saturated rings. The maximum atomic E-state index is 13.1. The van der Waals surface area contributed by atoms with Crippen LogP contribution >= 0.6 is 0 Å². The van der Waals surface area contributed by atoms with Crippen LogP contribution in [0.1, 0.15) is 37.7 Å². The second kappa shape index (κ2) is 6.15. The van der Waals surface area contributed by atoms with E-state index in [0.717, 1.165) is 28.9 Å². The Morgan fingerprint density at radius 1 is 1.23 bits per heavy atom. The molecular weight excluding hydrogens is 338 g/mol. The normalized spacial score (nSPS) is 12.8. The van der Waals surface area contributed by atoms with Gasteiger partial charge in [0.2, 0.25) is 5.78 Å². The zero-order valence-electron chi connectivity index (χ0n) is 15.9. The van der Waals surface area contributed by atoms with E-state index in [-0.39, 0.29) is 5.52 Å². The number of methoxy groups -OCH3 is 1. The van der Waals surface area contributed by atoms with Gasteiger partial charge in [0, 0.05) is 25.0 Å². The van der Waals surface area contributed by atoms with Crippen LogP contribution in [0.4, 0.5) is 0 Å². The number of aryl methyl sites for hydroxylation is 3. The first-order valence-electron chi connectivity index (χ1n) is 8.53. The highest BCUT2D eigenvalue weighted by atomic mass is 16.5. The minimum Gasteiger partial charge on any atom is -0.467 e. The number of carbonyl (C=O) groups is 1. The van der Waals surface area contributed by atoms with Gasteiger partial charge in [0.05, 0.1) is 7.11 Å². The molecule has 0 aliphatic rings. The molecule has 0 amide bonds. The lowest BCUT2D eigenvalue weighted by atomic mass is 10.3. The molecule has 3 heterocycles. The Hall–Kier alpha value is -2.84. The van der Waals surface area contributed by atoms with Gasteiger partial charge in [-0.2, -0.15) is 4.98 Å². The fourth-order valence-corrected chi connectivity index (χ4v) is 3.39. The van der Waals surface area contributed by atoms with E-state index in [0.29, 0.717) is 11.4 Å². The van der Waals surface area contributed by atoms with Crippen LogP contribution in [0.3, 0.4) is 0 Å². The lowest BCUT2D eigenvalue weighted by Crippen LogP contribution is -2.43. The first kappa shape index (κ1) is 18.0. The van der Waals surface area contributed by atoms with Crippen molar-refractivity contribution in [2.45, 2.75) is 46.7 Å². The summed E-state index contributed by atoms with van der Waals surface area (Å²) in [5.74, 6) is -0.0341. The van der Waals surface area contributed by atoms with Gasteiger partial charge in [0.15, 0.2) is 11.2 Å². The quantitative estimate of drug-likeness (QED) is 0.644. The Morgan fingerprint density at radius 3 is 2.46 bits per heavy atom. The topological polar surface area (TPSA) is 92.5 Å². The summed E-state index contributed by atoms with van der Waals surface area (Å²) in [6.45, 7) is 8.18. The van der Waals surface area contributed by atoms with Gasteiger partial charge in [0.25, 0.3) is 5.56 Å². The third-order valence-corrected chi connectivity index (χ3v) is 4.96. The lowest BCUT2D eigenvalue weighted by Gasteiger charge is -2.13. The number of hydrogen-bond donors (Lipinski definition) is 0.